The molecular formula is C37H38F6O12S2Si8. The fourth-order valence-corrected chi connectivity index (χ4v) is 51.4. The molecule has 3 aromatic rings. The van der Waals surface area contributed by atoms with Crippen molar-refractivity contribution in [2.75, 3.05) is 0 Å². The molecule has 1 aliphatic carbocycles. The maximum atomic E-state index is 16.2. The van der Waals surface area contributed by atoms with Crippen LogP contribution in [-0.2, 0) is 49.4 Å². The first-order valence-electron chi connectivity index (χ1n) is 19.6. The Kier molecular flexibility index (Phi) is 11.3. The lowest BCUT2D eigenvalue weighted by Crippen LogP contribution is -2.87. The van der Waals surface area contributed by atoms with E-state index in [9.17, 15) is 0 Å². The van der Waals surface area contributed by atoms with Crippen molar-refractivity contribution in [3.8, 4) is 10.4 Å². The number of alkyl halides is 6. The Balaban J connectivity index is 1.23. The standard InChI is InChI=1S/C37H38F6O12S2Si8/c1-10-58-44-59(11-2)47-62(14-5)49-60(12-3,45-58)51-64(16-7)52-61(13-4,46-58)50-63(15-6,48-59)54-65(53-62,55-64)23-22-29-24-30(26(8)56-29)33-34(36(40,41)37(42,43)35(33,38)39)31-25-32(57-27(31)9)28-20-18-17-19-21-28/h10-12,14-25H,1-3,5-7,13H2,4,8-9H3/b23-22+. The summed E-state index contributed by atoms with van der Waals surface area (Å²) in [5.41, 5.74) is 5.53. The van der Waals surface area contributed by atoms with Crippen LogP contribution in [0.1, 0.15) is 32.7 Å². The number of hydrogen-bond acceptors (Lipinski definition) is 14. The third kappa shape index (κ3) is 7.12. The van der Waals surface area contributed by atoms with Gasteiger partial charge in [-0.25, -0.2) is 0 Å². The van der Waals surface area contributed by atoms with E-state index < -0.39 is 110 Å². The first-order chi connectivity index (χ1) is 30.5. The SMILES string of the molecule is C=C[Si]12O[Si]3(C=C)O[Si]4(C=C)O[Si](C=C)(O1)O[Si]1(CC)O[Si](C=C)(O2)O[Si](/C=C/c2cc(C5=C(c6cc(-c7ccccc7)sc6C)C(F)(F)C(F)(F)C5(F)F)c(C)s2)(O3)O[Si](C=C)(O4)O1. The summed E-state index contributed by atoms with van der Waals surface area (Å²) >= 11 is 1.86. The quantitative estimate of drug-likeness (QED) is 0.127. The van der Waals surface area contributed by atoms with Gasteiger partial charge in [-0.05, 0) is 88.6 Å². The highest BCUT2D eigenvalue weighted by Crippen LogP contribution is 2.66. The van der Waals surface area contributed by atoms with Crippen molar-refractivity contribution in [2.45, 2.75) is 44.6 Å². The summed E-state index contributed by atoms with van der Waals surface area (Å²) in [6.07, 6.45) is 1.33. The number of hydrogen-bond donors (Lipinski definition) is 0. The van der Waals surface area contributed by atoms with E-state index in [0.717, 1.165) is 28.7 Å². The Morgan fingerprint density at radius 1 is 0.523 bits per heavy atom. The van der Waals surface area contributed by atoms with E-state index in [1.165, 1.54) is 65.9 Å². The molecule has 0 amide bonds. The van der Waals surface area contributed by atoms with Crippen LogP contribution in [0, 0.1) is 13.8 Å². The Labute approximate surface area is 386 Å². The number of rotatable bonds is 12. The third-order valence-electron chi connectivity index (χ3n) is 11.0. The molecule has 0 radical (unpaired) electrons. The van der Waals surface area contributed by atoms with Crippen LogP contribution in [0.5, 0.6) is 0 Å². The predicted molar refractivity (Wildman–Crippen MR) is 245 cm³/mol. The molecule has 8 bridgehead atoms. The number of benzene rings is 1. The third-order valence-corrected chi connectivity index (χ3v) is 45.1. The highest BCUT2D eigenvalue weighted by molar-refractivity contribution is 7.16. The first-order valence-corrected chi connectivity index (χ1v) is 35.7. The van der Waals surface area contributed by atoms with Crippen molar-refractivity contribution in [3.05, 3.63) is 148 Å². The van der Waals surface area contributed by atoms with E-state index >= 15 is 26.3 Å². The molecule has 7 aliphatic rings. The second-order valence-electron chi connectivity index (χ2n) is 15.1. The monoisotopic (exact) mass is 1080 g/mol. The minimum atomic E-state index is -5.79. The Morgan fingerprint density at radius 2 is 0.892 bits per heavy atom. The number of allylic oxidation sites excluding steroid dienone is 2. The molecule has 2 aromatic heterocycles. The average Bonchev–Trinajstić information content (AvgIpc) is 3.84. The first kappa shape index (κ1) is 47.4. The van der Waals surface area contributed by atoms with Crippen molar-refractivity contribution >= 4 is 110 Å². The van der Waals surface area contributed by atoms with Gasteiger partial charge in [-0.3, -0.25) is 0 Å². The number of thiophene rings is 2. The molecule has 4 unspecified atom stereocenters. The minimum Gasteiger partial charge on any atom is -0.370 e. The molecular weight excluding hydrogens is 1040 g/mol. The number of halogens is 6. The minimum absolute atomic E-state index is 0.0113. The second-order valence-corrected chi connectivity index (χ2v) is 40.7. The van der Waals surface area contributed by atoms with E-state index in [4.69, 9.17) is 49.4 Å². The molecule has 8 heterocycles. The van der Waals surface area contributed by atoms with Gasteiger partial charge in [-0.1, -0.05) is 37.3 Å². The highest BCUT2D eigenvalue weighted by Gasteiger charge is 2.83. The average molecular weight is 1080 g/mol. The number of aryl methyl sites for hydroxylation is 2. The zero-order chi connectivity index (χ0) is 46.9. The van der Waals surface area contributed by atoms with E-state index in [1.54, 1.807) is 37.3 Å². The van der Waals surface area contributed by atoms with Crippen molar-refractivity contribution in [3.63, 3.8) is 0 Å². The zero-order valence-corrected chi connectivity index (χ0v) is 44.2. The summed E-state index contributed by atoms with van der Waals surface area (Å²) < 4.78 is 177. The van der Waals surface area contributed by atoms with Crippen LogP contribution in [-0.4, -0.2) is 88.2 Å². The van der Waals surface area contributed by atoms with Crippen molar-refractivity contribution in [1.82, 2.24) is 0 Å². The van der Waals surface area contributed by atoms with Crippen molar-refractivity contribution < 1.29 is 75.7 Å². The Morgan fingerprint density at radius 3 is 1.29 bits per heavy atom. The maximum Gasteiger partial charge on any atom is 0.508 e. The fourth-order valence-electron chi connectivity index (χ4n) is 7.93. The largest absolute Gasteiger partial charge is 0.508 e. The lowest BCUT2D eigenvalue weighted by Gasteiger charge is -2.60. The van der Waals surface area contributed by atoms with Crippen LogP contribution in [0.15, 0.2) is 122 Å². The van der Waals surface area contributed by atoms with Crippen LogP contribution in [0.2, 0.25) is 6.04 Å². The van der Waals surface area contributed by atoms with Gasteiger partial charge in [0.2, 0.25) is 0 Å². The van der Waals surface area contributed by atoms with Crippen LogP contribution >= 0.6 is 22.7 Å². The summed E-state index contributed by atoms with van der Waals surface area (Å²) in [6, 6.07) is 10.9. The summed E-state index contributed by atoms with van der Waals surface area (Å²) in [5.74, 6) is -16.4. The van der Waals surface area contributed by atoms with Gasteiger partial charge in [-0.15, -0.1) is 62.1 Å². The van der Waals surface area contributed by atoms with Crippen LogP contribution < -0.4 is 0 Å². The Bertz CT molecular complexity index is 2580. The van der Waals surface area contributed by atoms with Crippen molar-refractivity contribution in [1.29, 1.82) is 0 Å². The molecule has 6 aliphatic heterocycles. The molecule has 0 spiro atoms. The molecule has 0 N–H and O–H groups in total. The summed E-state index contributed by atoms with van der Waals surface area (Å²) in [7, 11) is -35.9. The molecule has 10 rings (SSSR count). The molecule has 6 saturated heterocycles. The summed E-state index contributed by atoms with van der Waals surface area (Å²) in [6.45, 7) is 28.2. The molecule has 4 atom stereocenters. The lowest BCUT2D eigenvalue weighted by molar-refractivity contribution is -0.254. The van der Waals surface area contributed by atoms with E-state index in [0.29, 0.717) is 10.4 Å². The van der Waals surface area contributed by atoms with Gasteiger partial charge >= 0.3 is 88.2 Å². The smallest absolute Gasteiger partial charge is 0.370 e. The van der Waals surface area contributed by atoms with Gasteiger partial charge in [0.05, 0.1) is 0 Å². The fraction of sp³-hybridized carbons (Fsp3) is 0.189. The molecule has 65 heavy (non-hydrogen) atoms. The molecule has 1 aromatic carbocycles. The van der Waals surface area contributed by atoms with Gasteiger partial charge < -0.3 is 49.4 Å². The van der Waals surface area contributed by atoms with Crippen LogP contribution in [0.4, 0.5) is 26.3 Å². The van der Waals surface area contributed by atoms with Crippen LogP contribution in [0.25, 0.3) is 27.7 Å². The predicted octanol–water partition coefficient (Wildman–Crippen LogP) is 9.63. The van der Waals surface area contributed by atoms with E-state index in [1.807, 2.05) is 0 Å². The van der Waals surface area contributed by atoms with Gasteiger partial charge in [0.1, 0.15) is 0 Å². The van der Waals surface area contributed by atoms with Gasteiger partial charge in [0, 0.05) is 36.7 Å². The summed E-state index contributed by atoms with van der Waals surface area (Å²) in [5, 5.41) is 0. The van der Waals surface area contributed by atoms with Gasteiger partial charge in [0.25, 0.3) is 0 Å². The van der Waals surface area contributed by atoms with Crippen molar-refractivity contribution in [2.24, 2.45) is 0 Å². The lowest BCUT2D eigenvalue weighted by atomic mass is 9.95. The molecule has 6 fully saturated rings. The van der Waals surface area contributed by atoms with Gasteiger partial charge in [-0.2, -0.15) is 26.3 Å². The van der Waals surface area contributed by atoms with Gasteiger partial charge in [0.15, 0.2) is 0 Å². The van der Waals surface area contributed by atoms with E-state index in [2.05, 4.69) is 39.5 Å². The maximum absolute atomic E-state index is 16.2. The van der Waals surface area contributed by atoms with Crippen LogP contribution in [0.3, 0.4) is 0 Å². The summed E-state index contributed by atoms with van der Waals surface area (Å²) in [4.78, 5) is 0.675. The normalized spacial score (nSPS) is 38.7. The Hall–Kier alpha value is -2.62. The zero-order valence-electron chi connectivity index (χ0n) is 34.6. The van der Waals surface area contributed by atoms with E-state index in [-0.39, 0.29) is 20.7 Å². The molecule has 12 nitrogen and oxygen atoms in total. The molecule has 344 valence electrons. The highest BCUT2D eigenvalue weighted by atomic mass is 32.1. The molecule has 0 saturated carbocycles. The molecule has 28 heteroatoms. The topological polar surface area (TPSA) is 111 Å². The second kappa shape index (κ2) is 15.4.